The molecule has 4 nitrogen and oxygen atoms in total. The van der Waals surface area contributed by atoms with E-state index in [1.807, 2.05) is 0 Å². The Balaban J connectivity index is 3.98. The Hall–Kier alpha value is -0.710. The van der Waals surface area contributed by atoms with Gasteiger partial charge in [0.05, 0.1) is 14.2 Å². The molecular weight excluding hydrogens is 192 g/mol. The first kappa shape index (κ1) is 12.3. The van der Waals surface area contributed by atoms with E-state index < -0.39 is 0 Å². The van der Waals surface area contributed by atoms with E-state index in [9.17, 15) is 9.59 Å². The molecule has 0 rings (SSSR count). The molecule has 0 saturated heterocycles. The van der Waals surface area contributed by atoms with Gasteiger partial charge in [0.2, 0.25) is 0 Å². The number of carbonyl (C=O) groups is 2. The molecule has 0 spiro atoms. The summed E-state index contributed by atoms with van der Waals surface area (Å²) in [6.07, 6.45) is 0. The van der Waals surface area contributed by atoms with Crippen LogP contribution in [0.25, 0.3) is 0 Å². The normalized spacial score (nSPS) is 14.5. The number of hydrogen-bond acceptors (Lipinski definition) is 5. The zero-order valence-corrected chi connectivity index (χ0v) is 9.01. The van der Waals surface area contributed by atoms with E-state index >= 15 is 0 Å². The second-order valence-corrected chi connectivity index (χ2v) is 4.15. The predicted octanol–water partition coefficient (Wildman–Crippen LogP) is 0.843. The van der Waals surface area contributed by atoms with Crippen LogP contribution in [-0.2, 0) is 19.1 Å². The molecule has 5 heteroatoms. The van der Waals surface area contributed by atoms with Crippen LogP contribution in [0.1, 0.15) is 13.8 Å². The number of rotatable bonds is 4. The van der Waals surface area contributed by atoms with Crippen LogP contribution < -0.4 is 0 Å². The molecule has 0 saturated carbocycles. The molecule has 0 aromatic carbocycles. The van der Waals surface area contributed by atoms with E-state index in [2.05, 4.69) is 9.47 Å². The van der Waals surface area contributed by atoms with Crippen molar-refractivity contribution in [1.29, 1.82) is 0 Å². The minimum atomic E-state index is -0.348. The lowest BCUT2D eigenvalue weighted by Crippen LogP contribution is -2.23. The summed E-state index contributed by atoms with van der Waals surface area (Å²) in [7, 11) is 2.64. The van der Waals surface area contributed by atoms with Crippen molar-refractivity contribution in [2.75, 3.05) is 14.2 Å². The van der Waals surface area contributed by atoms with Crippen LogP contribution in [0.4, 0.5) is 0 Å². The monoisotopic (exact) mass is 206 g/mol. The van der Waals surface area contributed by atoms with Crippen molar-refractivity contribution in [2.45, 2.75) is 24.3 Å². The van der Waals surface area contributed by atoms with Crippen LogP contribution in [0.3, 0.4) is 0 Å². The van der Waals surface area contributed by atoms with Crippen molar-refractivity contribution in [3.05, 3.63) is 0 Å². The highest BCUT2D eigenvalue weighted by Gasteiger charge is 2.22. The van der Waals surface area contributed by atoms with Gasteiger partial charge in [-0.1, -0.05) is 0 Å². The van der Waals surface area contributed by atoms with Crippen molar-refractivity contribution in [3.63, 3.8) is 0 Å². The van der Waals surface area contributed by atoms with Gasteiger partial charge in [0.1, 0.15) is 10.5 Å². The summed E-state index contributed by atoms with van der Waals surface area (Å²) in [5.74, 6) is -0.665. The number of methoxy groups -OCH3 is 2. The average molecular weight is 206 g/mol. The SMILES string of the molecule is COC(=O)C(C)SC(C)C(=O)OC. The van der Waals surface area contributed by atoms with Gasteiger partial charge in [-0.25, -0.2) is 0 Å². The van der Waals surface area contributed by atoms with Gasteiger partial charge in [-0.05, 0) is 13.8 Å². The largest absolute Gasteiger partial charge is 0.468 e. The van der Waals surface area contributed by atoms with E-state index in [1.165, 1.54) is 26.0 Å². The number of thioether (sulfide) groups is 1. The Morgan fingerprint density at radius 2 is 1.31 bits per heavy atom. The Bertz CT molecular complexity index is 173. The highest BCUT2D eigenvalue weighted by atomic mass is 32.2. The summed E-state index contributed by atoms with van der Waals surface area (Å²) in [5.41, 5.74) is 0. The molecule has 0 aromatic heterocycles. The van der Waals surface area contributed by atoms with Crippen molar-refractivity contribution >= 4 is 23.7 Å². The minimum absolute atomic E-state index is 0.333. The molecule has 0 heterocycles. The summed E-state index contributed by atoms with van der Waals surface area (Å²) < 4.78 is 9.03. The molecule has 0 aliphatic heterocycles. The van der Waals surface area contributed by atoms with Gasteiger partial charge in [-0.15, -0.1) is 11.8 Å². The standard InChI is InChI=1S/C8H14O4S/c1-5(7(9)11-3)13-6(2)8(10)12-4/h5-6H,1-4H3. The molecule has 0 N–H and O–H groups in total. The highest BCUT2D eigenvalue weighted by molar-refractivity contribution is 8.01. The smallest absolute Gasteiger partial charge is 0.318 e. The Labute approximate surface area is 82.0 Å². The second-order valence-electron chi connectivity index (χ2n) is 2.47. The quantitative estimate of drug-likeness (QED) is 0.638. The van der Waals surface area contributed by atoms with Crippen LogP contribution >= 0.6 is 11.8 Å². The van der Waals surface area contributed by atoms with Gasteiger partial charge >= 0.3 is 11.9 Å². The molecule has 0 bridgehead atoms. The average Bonchev–Trinajstić information content (AvgIpc) is 2.14. The lowest BCUT2D eigenvalue weighted by molar-refractivity contribution is -0.139. The number of ether oxygens (including phenoxy) is 2. The molecule has 0 aromatic rings. The molecule has 0 fully saturated rings. The third-order valence-electron chi connectivity index (χ3n) is 1.47. The topological polar surface area (TPSA) is 52.6 Å². The molecule has 0 aliphatic carbocycles. The van der Waals surface area contributed by atoms with Crippen molar-refractivity contribution in [2.24, 2.45) is 0 Å². The van der Waals surface area contributed by atoms with Crippen LogP contribution in [0.2, 0.25) is 0 Å². The predicted molar refractivity (Wildman–Crippen MR) is 50.5 cm³/mol. The fourth-order valence-electron chi connectivity index (χ4n) is 0.749. The second kappa shape index (κ2) is 5.85. The van der Waals surface area contributed by atoms with E-state index in [0.717, 1.165) is 0 Å². The summed E-state index contributed by atoms with van der Waals surface area (Å²) in [5, 5.41) is -0.696. The first-order valence-electron chi connectivity index (χ1n) is 3.84. The van der Waals surface area contributed by atoms with Gasteiger partial charge in [0.15, 0.2) is 0 Å². The number of esters is 2. The maximum Gasteiger partial charge on any atom is 0.318 e. The zero-order chi connectivity index (χ0) is 10.4. The first-order valence-corrected chi connectivity index (χ1v) is 4.78. The molecule has 0 amide bonds. The fraction of sp³-hybridized carbons (Fsp3) is 0.750. The molecular formula is C8H14O4S. The summed E-state index contributed by atoms with van der Waals surface area (Å²) in [4.78, 5) is 21.9. The highest BCUT2D eigenvalue weighted by Crippen LogP contribution is 2.19. The lowest BCUT2D eigenvalue weighted by atomic mass is 10.5. The first-order chi connectivity index (χ1) is 6.02. The summed E-state index contributed by atoms with van der Waals surface area (Å²) >= 11 is 1.22. The van der Waals surface area contributed by atoms with Crippen molar-refractivity contribution < 1.29 is 19.1 Å². The van der Waals surface area contributed by atoms with E-state index in [-0.39, 0.29) is 22.4 Å². The van der Waals surface area contributed by atoms with Gasteiger partial charge in [-0.3, -0.25) is 9.59 Å². The summed E-state index contributed by atoms with van der Waals surface area (Å²) in [6, 6.07) is 0. The maximum absolute atomic E-state index is 11.0. The minimum Gasteiger partial charge on any atom is -0.468 e. The fourth-order valence-corrected chi connectivity index (χ4v) is 1.78. The van der Waals surface area contributed by atoms with Crippen molar-refractivity contribution in [1.82, 2.24) is 0 Å². The molecule has 2 unspecified atom stereocenters. The third kappa shape index (κ3) is 4.17. The number of carbonyl (C=O) groups excluding carboxylic acids is 2. The molecule has 0 radical (unpaired) electrons. The molecule has 0 aliphatic rings. The van der Waals surface area contributed by atoms with Crippen LogP contribution in [0, 0.1) is 0 Å². The van der Waals surface area contributed by atoms with Gasteiger partial charge < -0.3 is 9.47 Å². The molecule has 76 valence electrons. The van der Waals surface area contributed by atoms with E-state index in [1.54, 1.807) is 13.8 Å². The van der Waals surface area contributed by atoms with Crippen LogP contribution in [0.15, 0.2) is 0 Å². The Kier molecular flexibility index (Phi) is 5.53. The lowest BCUT2D eigenvalue weighted by Gasteiger charge is -2.12. The van der Waals surface area contributed by atoms with Gasteiger partial charge in [-0.2, -0.15) is 0 Å². The number of hydrogen-bond donors (Lipinski definition) is 0. The Morgan fingerprint density at radius 3 is 1.54 bits per heavy atom. The van der Waals surface area contributed by atoms with E-state index in [0.29, 0.717) is 0 Å². The molecule has 2 atom stereocenters. The van der Waals surface area contributed by atoms with Gasteiger partial charge in [0, 0.05) is 0 Å². The molecule has 13 heavy (non-hydrogen) atoms. The Morgan fingerprint density at radius 1 is 1.00 bits per heavy atom. The van der Waals surface area contributed by atoms with Gasteiger partial charge in [0.25, 0.3) is 0 Å². The maximum atomic E-state index is 11.0. The van der Waals surface area contributed by atoms with Crippen LogP contribution in [-0.4, -0.2) is 36.7 Å². The van der Waals surface area contributed by atoms with Crippen molar-refractivity contribution in [3.8, 4) is 0 Å². The summed E-state index contributed by atoms with van der Waals surface area (Å²) in [6.45, 7) is 3.38. The van der Waals surface area contributed by atoms with Crippen LogP contribution in [0.5, 0.6) is 0 Å². The third-order valence-corrected chi connectivity index (χ3v) is 2.68. The zero-order valence-electron chi connectivity index (χ0n) is 8.20. The van der Waals surface area contributed by atoms with E-state index in [4.69, 9.17) is 0 Å².